The Hall–Kier alpha value is -1.10. The zero-order chi connectivity index (χ0) is 11.8. The van der Waals surface area contributed by atoms with Gasteiger partial charge in [0, 0.05) is 6.42 Å². The molecular weight excluding hydrogens is 224 g/mol. The number of methoxy groups -OCH3 is 2. The minimum absolute atomic E-state index is 0.0261. The average Bonchev–Trinajstić information content (AvgIpc) is 2.22. The third kappa shape index (κ3) is 6.06. The zero-order valence-corrected chi connectivity index (χ0v) is 9.37. The van der Waals surface area contributed by atoms with Crippen molar-refractivity contribution in [1.82, 2.24) is 0 Å². The maximum atomic E-state index is 11.2. The molecule has 0 radical (unpaired) electrons. The van der Waals surface area contributed by atoms with Crippen LogP contribution in [0.15, 0.2) is 0 Å². The first-order chi connectivity index (χ1) is 7.01. The molecule has 0 heterocycles. The number of carbonyl (C=O) groups is 3. The fraction of sp³-hybridized carbons (Fsp3) is 0.667. The van der Waals surface area contributed by atoms with Gasteiger partial charge in [0.1, 0.15) is 0 Å². The molecule has 15 heavy (non-hydrogen) atoms. The van der Waals surface area contributed by atoms with Gasteiger partial charge in [0.15, 0.2) is 0 Å². The van der Waals surface area contributed by atoms with Crippen LogP contribution in [0.4, 0.5) is 0 Å². The first-order valence-corrected chi connectivity index (χ1v) is 4.72. The van der Waals surface area contributed by atoms with Gasteiger partial charge in [-0.25, -0.2) is 0 Å². The van der Waals surface area contributed by atoms with Gasteiger partial charge in [-0.2, -0.15) is 0 Å². The fourth-order valence-electron chi connectivity index (χ4n) is 1.04. The van der Waals surface area contributed by atoms with Crippen LogP contribution < -0.4 is 0 Å². The highest BCUT2D eigenvalue weighted by atomic mass is 35.5. The van der Waals surface area contributed by atoms with Crippen molar-refractivity contribution < 1.29 is 23.9 Å². The van der Waals surface area contributed by atoms with E-state index in [0.717, 1.165) is 0 Å². The van der Waals surface area contributed by atoms with E-state index in [0.29, 0.717) is 0 Å². The minimum atomic E-state index is -0.676. The number of esters is 2. The Morgan fingerprint density at radius 1 is 1.20 bits per heavy atom. The van der Waals surface area contributed by atoms with Gasteiger partial charge in [0.2, 0.25) is 5.24 Å². The van der Waals surface area contributed by atoms with Crippen molar-refractivity contribution in [3.8, 4) is 0 Å². The van der Waals surface area contributed by atoms with Crippen LogP contribution in [-0.4, -0.2) is 31.4 Å². The molecule has 1 atom stereocenters. The molecule has 0 bridgehead atoms. The SMILES string of the molecule is COC(=O)C[C@H](CCC(=O)Cl)C(=O)OC. The Bertz CT molecular complexity index is 251. The van der Waals surface area contributed by atoms with E-state index in [-0.39, 0.29) is 19.3 Å². The summed E-state index contributed by atoms with van der Waals surface area (Å²) in [7, 11) is 2.44. The van der Waals surface area contributed by atoms with Crippen LogP contribution in [0.5, 0.6) is 0 Å². The molecule has 0 saturated carbocycles. The predicted molar refractivity (Wildman–Crippen MR) is 52.2 cm³/mol. The molecule has 86 valence electrons. The third-order valence-electron chi connectivity index (χ3n) is 1.86. The molecule has 0 fully saturated rings. The van der Waals surface area contributed by atoms with Crippen molar-refractivity contribution in [3.63, 3.8) is 0 Å². The Morgan fingerprint density at radius 2 is 1.80 bits per heavy atom. The minimum Gasteiger partial charge on any atom is -0.469 e. The van der Waals surface area contributed by atoms with E-state index in [4.69, 9.17) is 11.6 Å². The molecule has 0 aliphatic rings. The lowest BCUT2D eigenvalue weighted by Crippen LogP contribution is -2.21. The highest BCUT2D eigenvalue weighted by Crippen LogP contribution is 2.15. The van der Waals surface area contributed by atoms with Gasteiger partial charge in [-0.3, -0.25) is 14.4 Å². The van der Waals surface area contributed by atoms with Gasteiger partial charge >= 0.3 is 11.9 Å². The second-order valence-electron chi connectivity index (χ2n) is 2.89. The first kappa shape index (κ1) is 13.9. The number of halogens is 1. The standard InChI is InChI=1S/C9H13ClO5/c1-14-8(12)5-6(9(13)15-2)3-4-7(10)11/h6H,3-5H2,1-2H3/t6-/m0/s1. The maximum absolute atomic E-state index is 11.2. The summed E-state index contributed by atoms with van der Waals surface area (Å²) in [5.41, 5.74) is 0. The normalized spacial score (nSPS) is 11.7. The van der Waals surface area contributed by atoms with E-state index >= 15 is 0 Å². The Balaban J connectivity index is 4.24. The van der Waals surface area contributed by atoms with E-state index in [2.05, 4.69) is 9.47 Å². The highest BCUT2D eigenvalue weighted by molar-refractivity contribution is 6.63. The highest BCUT2D eigenvalue weighted by Gasteiger charge is 2.23. The monoisotopic (exact) mass is 236 g/mol. The number of ether oxygens (including phenoxy) is 2. The van der Waals surface area contributed by atoms with Crippen molar-refractivity contribution in [2.45, 2.75) is 19.3 Å². The molecule has 0 N–H and O–H groups in total. The maximum Gasteiger partial charge on any atom is 0.309 e. The first-order valence-electron chi connectivity index (χ1n) is 4.34. The lowest BCUT2D eigenvalue weighted by molar-refractivity contribution is -0.152. The molecule has 0 aromatic carbocycles. The molecule has 0 aliphatic heterocycles. The summed E-state index contributed by atoms with van der Waals surface area (Å²) in [6.45, 7) is 0. The summed E-state index contributed by atoms with van der Waals surface area (Å²) >= 11 is 5.13. The Labute approximate surface area is 92.7 Å². The summed E-state index contributed by atoms with van der Waals surface area (Å²) in [6, 6.07) is 0. The van der Waals surface area contributed by atoms with Gasteiger partial charge < -0.3 is 9.47 Å². The van der Waals surface area contributed by atoms with Crippen LogP contribution in [0, 0.1) is 5.92 Å². The molecule has 0 spiro atoms. The van der Waals surface area contributed by atoms with Gasteiger partial charge in [-0.15, -0.1) is 0 Å². The van der Waals surface area contributed by atoms with Crippen LogP contribution in [0.2, 0.25) is 0 Å². The van der Waals surface area contributed by atoms with Gasteiger partial charge in [-0.05, 0) is 18.0 Å². The van der Waals surface area contributed by atoms with Crippen molar-refractivity contribution >= 4 is 28.8 Å². The summed E-state index contributed by atoms with van der Waals surface area (Å²) < 4.78 is 8.91. The van der Waals surface area contributed by atoms with E-state index in [1.165, 1.54) is 14.2 Å². The second kappa shape index (κ2) is 7.23. The van der Waals surface area contributed by atoms with Crippen LogP contribution >= 0.6 is 11.6 Å². The zero-order valence-electron chi connectivity index (χ0n) is 8.62. The predicted octanol–water partition coefficient (Wildman–Crippen LogP) is 0.884. The molecule has 6 heteroatoms. The smallest absolute Gasteiger partial charge is 0.309 e. The van der Waals surface area contributed by atoms with Crippen molar-refractivity contribution in [2.75, 3.05) is 14.2 Å². The van der Waals surface area contributed by atoms with Crippen LogP contribution in [0.25, 0.3) is 0 Å². The molecule has 0 aromatic rings. The molecule has 0 aliphatic carbocycles. The third-order valence-corrected chi connectivity index (χ3v) is 2.05. The summed E-state index contributed by atoms with van der Waals surface area (Å²) in [4.78, 5) is 32.6. The Kier molecular flexibility index (Phi) is 6.70. The molecule has 0 unspecified atom stereocenters. The van der Waals surface area contributed by atoms with E-state index in [9.17, 15) is 14.4 Å². The van der Waals surface area contributed by atoms with Crippen LogP contribution in [0.1, 0.15) is 19.3 Å². The molecule has 0 aromatic heterocycles. The quantitative estimate of drug-likeness (QED) is 0.506. The van der Waals surface area contributed by atoms with Gasteiger partial charge in [0.05, 0.1) is 26.6 Å². The molecule has 0 amide bonds. The van der Waals surface area contributed by atoms with Crippen molar-refractivity contribution in [3.05, 3.63) is 0 Å². The van der Waals surface area contributed by atoms with E-state index in [1.54, 1.807) is 0 Å². The topological polar surface area (TPSA) is 69.7 Å². The molecule has 0 rings (SSSR count). The van der Waals surface area contributed by atoms with Crippen LogP contribution in [0.3, 0.4) is 0 Å². The lowest BCUT2D eigenvalue weighted by Gasteiger charge is -2.11. The van der Waals surface area contributed by atoms with E-state index in [1.807, 2.05) is 0 Å². The second-order valence-corrected chi connectivity index (χ2v) is 3.32. The molecule has 0 saturated heterocycles. The summed E-state index contributed by atoms with van der Waals surface area (Å²) in [6.07, 6.45) is 0.107. The largest absolute Gasteiger partial charge is 0.469 e. The van der Waals surface area contributed by atoms with E-state index < -0.39 is 23.1 Å². The average molecular weight is 237 g/mol. The summed E-state index contributed by atoms with van der Waals surface area (Å²) in [5, 5.41) is -0.547. The lowest BCUT2D eigenvalue weighted by atomic mass is 10.00. The number of carbonyl (C=O) groups excluding carboxylic acids is 3. The number of rotatable bonds is 6. The molecule has 5 nitrogen and oxygen atoms in total. The van der Waals surface area contributed by atoms with Gasteiger partial charge in [-0.1, -0.05) is 0 Å². The fourth-order valence-corrected chi connectivity index (χ4v) is 1.15. The Morgan fingerprint density at radius 3 is 2.20 bits per heavy atom. The summed E-state index contributed by atoms with van der Waals surface area (Å²) in [5.74, 6) is -1.74. The number of hydrogen-bond donors (Lipinski definition) is 0. The number of hydrogen-bond acceptors (Lipinski definition) is 5. The van der Waals surface area contributed by atoms with Crippen molar-refractivity contribution in [2.24, 2.45) is 5.92 Å². The molecular formula is C9H13ClO5. The van der Waals surface area contributed by atoms with Crippen molar-refractivity contribution in [1.29, 1.82) is 0 Å². The van der Waals surface area contributed by atoms with Gasteiger partial charge in [0.25, 0.3) is 0 Å². The van der Waals surface area contributed by atoms with Crippen LogP contribution in [-0.2, 0) is 23.9 Å².